The Morgan fingerprint density at radius 1 is 1.08 bits per heavy atom. The lowest BCUT2D eigenvalue weighted by Crippen LogP contribution is -2.49. The molecule has 8 heteroatoms. The van der Waals surface area contributed by atoms with Gasteiger partial charge in [-0.25, -0.2) is 8.42 Å². The molecule has 0 aliphatic carbocycles. The summed E-state index contributed by atoms with van der Waals surface area (Å²) in [5.41, 5.74) is 0.561. The van der Waals surface area contributed by atoms with Crippen molar-refractivity contribution in [3.8, 4) is 0 Å². The maximum absolute atomic E-state index is 13.1. The largest absolute Gasteiger partial charge is 0.314 e. The maximum atomic E-state index is 13.1. The fourth-order valence-electron chi connectivity index (χ4n) is 3.70. The van der Waals surface area contributed by atoms with Crippen LogP contribution in [-0.2, 0) is 10.0 Å². The number of para-hydroxylation sites is 1. The van der Waals surface area contributed by atoms with Gasteiger partial charge >= 0.3 is 0 Å². The van der Waals surface area contributed by atoms with Crippen molar-refractivity contribution in [1.82, 2.24) is 19.5 Å². The van der Waals surface area contributed by atoms with E-state index in [9.17, 15) is 8.42 Å². The predicted molar refractivity (Wildman–Crippen MR) is 101 cm³/mol. The third kappa shape index (κ3) is 3.52. The Kier molecular flexibility index (Phi) is 5.60. The molecular formula is C17H23ClN4O2S. The number of rotatable bonds is 3. The lowest BCUT2D eigenvalue weighted by Gasteiger charge is -2.32. The minimum absolute atomic E-state index is 0. The SMILES string of the molecule is Cl.O=S(=O)(c1cccc2cccnc12)N1CCC(N2CCNCC2)C1. The highest BCUT2D eigenvalue weighted by Crippen LogP contribution is 2.27. The third-order valence-corrected chi connectivity index (χ3v) is 6.90. The van der Waals surface area contributed by atoms with Crippen molar-refractivity contribution >= 4 is 33.3 Å². The summed E-state index contributed by atoms with van der Waals surface area (Å²) in [5, 5.41) is 4.20. The Hall–Kier alpha value is -1.25. The standard InChI is InChI=1S/C17H22N4O2S.ClH/c22-24(23,16-5-1-3-14-4-2-7-19-17(14)16)21-10-6-15(13-21)20-11-8-18-9-12-20;/h1-5,7,15,18H,6,8-13H2;1H. The molecule has 4 rings (SSSR count). The van der Waals surface area contributed by atoms with Crippen LogP contribution in [0.4, 0.5) is 0 Å². The molecule has 1 N–H and O–H groups in total. The molecule has 0 amide bonds. The number of aromatic nitrogens is 1. The summed E-state index contributed by atoms with van der Waals surface area (Å²) in [7, 11) is -3.51. The van der Waals surface area contributed by atoms with Crippen molar-refractivity contribution in [2.75, 3.05) is 39.3 Å². The first-order valence-corrected chi connectivity index (χ1v) is 9.89. The zero-order valence-corrected chi connectivity index (χ0v) is 15.6. The summed E-state index contributed by atoms with van der Waals surface area (Å²) in [4.78, 5) is 7.03. The second-order valence-electron chi connectivity index (χ2n) is 6.42. The van der Waals surface area contributed by atoms with E-state index in [1.165, 1.54) is 0 Å². The molecule has 0 spiro atoms. The van der Waals surface area contributed by atoms with Gasteiger partial charge in [0.2, 0.25) is 10.0 Å². The number of halogens is 1. The number of sulfonamides is 1. The molecule has 1 aromatic carbocycles. The Labute approximate surface area is 154 Å². The van der Waals surface area contributed by atoms with Crippen molar-refractivity contribution in [3.63, 3.8) is 0 Å². The molecule has 3 heterocycles. The number of nitrogens with zero attached hydrogens (tertiary/aromatic N) is 3. The summed E-state index contributed by atoms with van der Waals surface area (Å²) in [6.07, 6.45) is 2.55. The maximum Gasteiger partial charge on any atom is 0.245 e. The van der Waals surface area contributed by atoms with Crippen LogP contribution in [0.15, 0.2) is 41.4 Å². The van der Waals surface area contributed by atoms with Crippen LogP contribution in [0.3, 0.4) is 0 Å². The van der Waals surface area contributed by atoms with Gasteiger partial charge in [0.15, 0.2) is 0 Å². The van der Waals surface area contributed by atoms with E-state index in [0.29, 0.717) is 29.5 Å². The Balaban J connectivity index is 0.00000182. The second kappa shape index (κ2) is 7.55. The smallest absolute Gasteiger partial charge is 0.245 e. The molecule has 1 aromatic heterocycles. The van der Waals surface area contributed by atoms with Crippen molar-refractivity contribution < 1.29 is 8.42 Å². The lowest BCUT2D eigenvalue weighted by molar-refractivity contribution is 0.179. The van der Waals surface area contributed by atoms with Crippen molar-refractivity contribution in [1.29, 1.82) is 0 Å². The van der Waals surface area contributed by atoms with Crippen LogP contribution in [0.25, 0.3) is 10.9 Å². The van der Waals surface area contributed by atoms with Crippen LogP contribution in [0.1, 0.15) is 6.42 Å². The molecule has 136 valence electrons. The van der Waals surface area contributed by atoms with Crippen molar-refractivity contribution in [2.24, 2.45) is 0 Å². The van der Waals surface area contributed by atoms with Crippen LogP contribution in [-0.4, -0.2) is 67.9 Å². The summed E-state index contributed by atoms with van der Waals surface area (Å²) >= 11 is 0. The topological polar surface area (TPSA) is 65.5 Å². The Bertz CT molecular complexity index is 834. The van der Waals surface area contributed by atoms with Crippen molar-refractivity contribution in [2.45, 2.75) is 17.4 Å². The summed E-state index contributed by atoms with van der Waals surface area (Å²) < 4.78 is 27.9. The van der Waals surface area contributed by atoms with E-state index in [1.807, 2.05) is 18.2 Å². The number of fused-ring (bicyclic) bond motifs is 1. The molecule has 6 nitrogen and oxygen atoms in total. The van der Waals surface area contributed by atoms with Gasteiger partial charge in [0.05, 0.1) is 5.52 Å². The zero-order valence-electron chi connectivity index (χ0n) is 14.0. The molecule has 2 aliphatic rings. The minimum Gasteiger partial charge on any atom is -0.314 e. The van der Waals surface area contributed by atoms with Crippen molar-refractivity contribution in [3.05, 3.63) is 36.5 Å². The first-order valence-electron chi connectivity index (χ1n) is 8.45. The third-order valence-electron chi connectivity index (χ3n) is 5.01. The molecule has 2 aliphatic heterocycles. The van der Waals surface area contributed by atoms with E-state index in [-0.39, 0.29) is 12.4 Å². The molecular weight excluding hydrogens is 360 g/mol. The van der Waals surface area contributed by atoms with Gasteiger partial charge in [0.25, 0.3) is 0 Å². The predicted octanol–water partition coefficient (Wildman–Crippen LogP) is 1.32. The Morgan fingerprint density at radius 3 is 2.64 bits per heavy atom. The molecule has 1 unspecified atom stereocenters. The monoisotopic (exact) mass is 382 g/mol. The summed E-state index contributed by atoms with van der Waals surface area (Å²) in [5.74, 6) is 0. The average molecular weight is 383 g/mol. The highest BCUT2D eigenvalue weighted by molar-refractivity contribution is 7.89. The summed E-state index contributed by atoms with van der Waals surface area (Å²) in [6, 6.07) is 9.41. The van der Waals surface area contributed by atoms with E-state index in [1.54, 1.807) is 22.6 Å². The highest BCUT2D eigenvalue weighted by Gasteiger charge is 2.36. The fourth-order valence-corrected chi connectivity index (χ4v) is 5.36. The van der Waals surface area contributed by atoms with E-state index >= 15 is 0 Å². The number of hydrogen-bond acceptors (Lipinski definition) is 5. The molecule has 0 saturated carbocycles. The fraction of sp³-hybridized carbons (Fsp3) is 0.471. The first kappa shape index (κ1) is 18.5. The van der Waals surface area contributed by atoms with Gasteiger partial charge in [-0.1, -0.05) is 18.2 Å². The van der Waals surface area contributed by atoms with Gasteiger partial charge in [-0.3, -0.25) is 9.88 Å². The van der Waals surface area contributed by atoms with Crippen LogP contribution >= 0.6 is 12.4 Å². The van der Waals surface area contributed by atoms with Crippen LogP contribution < -0.4 is 5.32 Å². The van der Waals surface area contributed by atoms with Gasteiger partial charge in [-0.15, -0.1) is 12.4 Å². The summed E-state index contributed by atoms with van der Waals surface area (Å²) in [6.45, 7) is 5.11. The van der Waals surface area contributed by atoms with E-state index < -0.39 is 10.0 Å². The first-order chi connectivity index (χ1) is 11.7. The van der Waals surface area contributed by atoms with Gasteiger partial charge in [0, 0.05) is 56.9 Å². The normalized spacial score (nSPS) is 22.8. The van der Waals surface area contributed by atoms with E-state index in [2.05, 4.69) is 15.2 Å². The molecule has 2 fully saturated rings. The van der Waals surface area contributed by atoms with E-state index in [0.717, 1.165) is 38.0 Å². The molecule has 25 heavy (non-hydrogen) atoms. The highest BCUT2D eigenvalue weighted by atomic mass is 35.5. The molecule has 2 aromatic rings. The lowest BCUT2D eigenvalue weighted by atomic mass is 10.2. The average Bonchev–Trinajstić information content (AvgIpc) is 3.13. The van der Waals surface area contributed by atoms with Crippen LogP contribution in [0.2, 0.25) is 0 Å². The number of pyridine rings is 1. The zero-order chi connectivity index (χ0) is 16.6. The number of benzene rings is 1. The number of hydrogen-bond donors (Lipinski definition) is 1. The molecule has 0 bridgehead atoms. The van der Waals surface area contributed by atoms with Gasteiger partial charge < -0.3 is 5.32 Å². The quantitative estimate of drug-likeness (QED) is 0.867. The number of nitrogens with one attached hydrogen (secondary N) is 1. The minimum atomic E-state index is -3.51. The molecule has 1 atom stereocenters. The Morgan fingerprint density at radius 2 is 1.84 bits per heavy atom. The second-order valence-corrected chi connectivity index (χ2v) is 8.33. The van der Waals surface area contributed by atoms with Gasteiger partial charge in [0.1, 0.15) is 4.90 Å². The number of piperazine rings is 1. The van der Waals surface area contributed by atoms with Gasteiger partial charge in [-0.05, 0) is 18.6 Å². The van der Waals surface area contributed by atoms with Gasteiger partial charge in [-0.2, -0.15) is 4.31 Å². The molecule has 0 radical (unpaired) electrons. The van der Waals surface area contributed by atoms with Crippen LogP contribution in [0.5, 0.6) is 0 Å². The van der Waals surface area contributed by atoms with Crippen LogP contribution in [0, 0.1) is 0 Å². The van der Waals surface area contributed by atoms with E-state index in [4.69, 9.17) is 0 Å². The molecule has 2 saturated heterocycles.